The zero-order chi connectivity index (χ0) is 16.7. The van der Waals surface area contributed by atoms with Crippen molar-refractivity contribution in [2.24, 2.45) is 11.0 Å². The van der Waals surface area contributed by atoms with Gasteiger partial charge in [0.2, 0.25) is 5.91 Å². The molecule has 0 bridgehead atoms. The summed E-state index contributed by atoms with van der Waals surface area (Å²) in [5.74, 6) is 1.36. The number of aryl methyl sites for hydroxylation is 2. The van der Waals surface area contributed by atoms with E-state index in [1.165, 1.54) is 21.6 Å². The van der Waals surface area contributed by atoms with Gasteiger partial charge in [-0.15, -0.1) is 11.8 Å². The lowest BCUT2D eigenvalue weighted by molar-refractivity contribution is -0.119. The lowest BCUT2D eigenvalue weighted by atomic mass is 9.89. The minimum absolute atomic E-state index is 0.0914. The van der Waals surface area contributed by atoms with Crippen LogP contribution in [0.4, 0.5) is 5.69 Å². The fourth-order valence-corrected chi connectivity index (χ4v) is 4.43. The molecule has 0 saturated carbocycles. The average molecular weight is 336 g/mol. The van der Waals surface area contributed by atoms with Crippen LogP contribution >= 0.6 is 11.8 Å². The first-order valence-corrected chi connectivity index (χ1v) is 9.32. The van der Waals surface area contributed by atoms with E-state index >= 15 is 0 Å². The van der Waals surface area contributed by atoms with Crippen molar-refractivity contribution in [3.8, 4) is 0 Å². The average Bonchev–Trinajstić information content (AvgIpc) is 2.74. The van der Waals surface area contributed by atoms with Crippen molar-refractivity contribution >= 4 is 29.1 Å². The summed E-state index contributed by atoms with van der Waals surface area (Å²) in [5, 5.41) is 6.40. The van der Waals surface area contributed by atoms with Crippen LogP contribution in [0.15, 0.2) is 52.5 Å². The van der Waals surface area contributed by atoms with Gasteiger partial charge in [-0.3, -0.25) is 4.79 Å². The molecule has 1 atom stereocenters. The Bertz CT molecular complexity index is 826. The molecule has 2 heterocycles. The molecule has 2 aliphatic heterocycles. The van der Waals surface area contributed by atoms with Crippen LogP contribution in [-0.2, 0) is 4.79 Å². The van der Waals surface area contributed by atoms with Crippen molar-refractivity contribution < 1.29 is 4.79 Å². The summed E-state index contributed by atoms with van der Waals surface area (Å²) in [6.45, 7) is 4.16. The van der Waals surface area contributed by atoms with E-state index in [-0.39, 0.29) is 11.8 Å². The number of rotatable bonds is 1. The molecule has 4 rings (SSSR count). The van der Waals surface area contributed by atoms with E-state index in [1.54, 1.807) is 5.01 Å². The molecule has 2 aromatic rings. The minimum atomic E-state index is 0.0914. The number of hydrogen-bond acceptors (Lipinski definition) is 3. The number of anilines is 1. The molecule has 1 amide bonds. The maximum Gasteiger partial charge on any atom is 0.248 e. The second-order valence-electron chi connectivity index (χ2n) is 6.56. The van der Waals surface area contributed by atoms with Gasteiger partial charge in [-0.2, -0.15) is 5.10 Å². The van der Waals surface area contributed by atoms with Crippen molar-refractivity contribution in [2.45, 2.75) is 31.6 Å². The standard InChI is InChI=1S/C20H20N2OS/c1-13-3-6-16(7-4-13)22-19(23)12-15-9-10-24-18-8-5-14(2)11-17(18)20(15)21-22/h3-8,11,15H,9-10,12H2,1-2H3. The highest BCUT2D eigenvalue weighted by atomic mass is 32.2. The monoisotopic (exact) mass is 336 g/mol. The topological polar surface area (TPSA) is 32.7 Å². The predicted molar refractivity (Wildman–Crippen MR) is 99.8 cm³/mol. The van der Waals surface area contributed by atoms with E-state index in [9.17, 15) is 4.79 Å². The van der Waals surface area contributed by atoms with Gasteiger partial charge >= 0.3 is 0 Å². The van der Waals surface area contributed by atoms with Crippen LogP contribution < -0.4 is 5.01 Å². The Morgan fingerprint density at radius 3 is 2.62 bits per heavy atom. The normalized spacial score (nSPS) is 20.1. The van der Waals surface area contributed by atoms with Crippen LogP contribution in [0.1, 0.15) is 29.5 Å². The molecule has 122 valence electrons. The lowest BCUT2D eigenvalue weighted by Crippen LogP contribution is -2.37. The number of fused-ring (bicyclic) bond motifs is 3. The quantitative estimate of drug-likeness (QED) is 0.765. The number of benzene rings is 2. The van der Waals surface area contributed by atoms with E-state index in [2.05, 4.69) is 25.1 Å². The Labute approximate surface area is 146 Å². The Hall–Kier alpha value is -2.07. The van der Waals surface area contributed by atoms with Gasteiger partial charge in [0.25, 0.3) is 0 Å². The van der Waals surface area contributed by atoms with Gasteiger partial charge in [-0.05, 0) is 50.3 Å². The summed E-state index contributed by atoms with van der Waals surface area (Å²) < 4.78 is 0. The van der Waals surface area contributed by atoms with Crippen LogP contribution in [0.3, 0.4) is 0 Å². The highest BCUT2D eigenvalue weighted by Crippen LogP contribution is 2.36. The third-order valence-corrected chi connectivity index (χ3v) is 5.77. The SMILES string of the molecule is Cc1ccc(N2N=C3c4cc(C)ccc4SCCC3CC2=O)cc1. The van der Waals surface area contributed by atoms with Gasteiger partial charge in [0.15, 0.2) is 0 Å². The first kappa shape index (κ1) is 15.5. The van der Waals surface area contributed by atoms with Crippen LogP contribution in [-0.4, -0.2) is 17.4 Å². The van der Waals surface area contributed by atoms with Crippen molar-refractivity contribution in [1.29, 1.82) is 0 Å². The zero-order valence-electron chi connectivity index (χ0n) is 14.0. The molecule has 0 fully saturated rings. The Kier molecular flexibility index (Phi) is 3.93. The van der Waals surface area contributed by atoms with E-state index in [4.69, 9.17) is 5.10 Å². The van der Waals surface area contributed by atoms with Crippen molar-refractivity contribution in [1.82, 2.24) is 0 Å². The number of carbonyl (C=O) groups excluding carboxylic acids is 1. The Morgan fingerprint density at radius 1 is 1.08 bits per heavy atom. The molecule has 2 aromatic carbocycles. The number of thioether (sulfide) groups is 1. The molecule has 2 aliphatic rings. The second kappa shape index (κ2) is 6.10. The van der Waals surface area contributed by atoms with Crippen molar-refractivity contribution in [2.75, 3.05) is 10.8 Å². The molecular weight excluding hydrogens is 316 g/mol. The van der Waals surface area contributed by atoms with Crippen molar-refractivity contribution in [3.63, 3.8) is 0 Å². The molecule has 24 heavy (non-hydrogen) atoms. The summed E-state index contributed by atoms with van der Waals surface area (Å²) in [7, 11) is 0. The summed E-state index contributed by atoms with van der Waals surface area (Å²) >= 11 is 1.87. The summed E-state index contributed by atoms with van der Waals surface area (Å²) in [4.78, 5) is 13.9. The fourth-order valence-electron chi connectivity index (χ4n) is 3.32. The van der Waals surface area contributed by atoms with Gasteiger partial charge in [0.1, 0.15) is 0 Å². The highest BCUT2D eigenvalue weighted by molar-refractivity contribution is 7.99. The Balaban J connectivity index is 1.82. The van der Waals surface area contributed by atoms with Gasteiger partial charge < -0.3 is 0 Å². The molecular formula is C20H20N2OS. The first-order chi connectivity index (χ1) is 11.6. The Morgan fingerprint density at radius 2 is 1.83 bits per heavy atom. The second-order valence-corrected chi connectivity index (χ2v) is 7.70. The number of hydrazone groups is 1. The number of hydrogen-bond donors (Lipinski definition) is 0. The smallest absolute Gasteiger partial charge is 0.248 e. The molecule has 0 N–H and O–H groups in total. The molecule has 0 saturated heterocycles. The summed E-state index contributed by atoms with van der Waals surface area (Å²) in [5.41, 5.74) is 5.53. The summed E-state index contributed by atoms with van der Waals surface area (Å²) in [6, 6.07) is 14.5. The number of nitrogens with zero attached hydrogens (tertiary/aromatic N) is 2. The van der Waals surface area contributed by atoms with Gasteiger partial charge in [-0.1, -0.05) is 29.3 Å². The van der Waals surface area contributed by atoms with Gasteiger partial charge in [0, 0.05) is 22.8 Å². The largest absolute Gasteiger partial charge is 0.273 e. The van der Waals surface area contributed by atoms with E-state index in [1.807, 2.05) is 43.0 Å². The maximum atomic E-state index is 12.6. The van der Waals surface area contributed by atoms with Gasteiger partial charge in [-0.25, -0.2) is 5.01 Å². The summed E-state index contributed by atoms with van der Waals surface area (Å²) in [6.07, 6.45) is 1.55. The van der Waals surface area contributed by atoms with E-state index < -0.39 is 0 Å². The third-order valence-electron chi connectivity index (χ3n) is 4.67. The lowest BCUT2D eigenvalue weighted by Gasteiger charge is -2.29. The third kappa shape index (κ3) is 2.75. The van der Waals surface area contributed by atoms with E-state index in [0.29, 0.717) is 6.42 Å². The highest BCUT2D eigenvalue weighted by Gasteiger charge is 2.33. The fraction of sp³-hybridized carbons (Fsp3) is 0.300. The molecule has 0 aromatic heterocycles. The molecule has 1 unspecified atom stereocenters. The number of carbonyl (C=O) groups is 1. The number of amides is 1. The molecule has 3 nitrogen and oxygen atoms in total. The molecule has 4 heteroatoms. The predicted octanol–water partition coefficient (Wildman–Crippen LogP) is 4.56. The molecule has 0 radical (unpaired) electrons. The minimum Gasteiger partial charge on any atom is -0.273 e. The maximum absolute atomic E-state index is 12.6. The van der Waals surface area contributed by atoms with Crippen LogP contribution in [0.5, 0.6) is 0 Å². The molecule has 0 aliphatic carbocycles. The van der Waals surface area contributed by atoms with Crippen molar-refractivity contribution in [3.05, 3.63) is 59.2 Å². The van der Waals surface area contributed by atoms with Gasteiger partial charge in [0.05, 0.1) is 11.4 Å². The van der Waals surface area contributed by atoms with Crippen LogP contribution in [0, 0.1) is 19.8 Å². The van der Waals surface area contributed by atoms with Crippen LogP contribution in [0.2, 0.25) is 0 Å². The molecule has 0 spiro atoms. The van der Waals surface area contributed by atoms with E-state index in [0.717, 1.165) is 23.6 Å². The first-order valence-electron chi connectivity index (χ1n) is 8.34. The van der Waals surface area contributed by atoms with Crippen LogP contribution in [0.25, 0.3) is 0 Å². The zero-order valence-corrected chi connectivity index (χ0v) is 14.8.